The molecule has 2 aliphatic heterocycles. The van der Waals surface area contributed by atoms with Gasteiger partial charge in [0.05, 0.1) is 20.1 Å². The molecule has 36 heavy (non-hydrogen) atoms. The molecule has 8 nitrogen and oxygen atoms in total. The van der Waals surface area contributed by atoms with E-state index in [1.807, 2.05) is 35.2 Å². The zero-order chi connectivity index (χ0) is 24.9. The highest BCUT2D eigenvalue weighted by atomic mass is 32.1. The van der Waals surface area contributed by atoms with Crippen molar-refractivity contribution < 1.29 is 14.3 Å². The molecule has 0 bridgehead atoms. The Morgan fingerprint density at radius 1 is 0.972 bits per heavy atom. The first-order valence-electron chi connectivity index (χ1n) is 12.5. The number of hydrogen-bond donors (Lipinski definition) is 0. The number of rotatable bonds is 7. The van der Waals surface area contributed by atoms with Gasteiger partial charge in [-0.25, -0.2) is 4.98 Å². The molecule has 2 aliphatic rings. The maximum absolute atomic E-state index is 13.4. The number of nitrogens with zero attached hydrogens (tertiary/aromatic N) is 5. The van der Waals surface area contributed by atoms with Gasteiger partial charge in [-0.1, -0.05) is 12.1 Å². The van der Waals surface area contributed by atoms with Crippen molar-refractivity contribution in [3.8, 4) is 11.5 Å². The van der Waals surface area contributed by atoms with E-state index in [9.17, 15) is 4.79 Å². The second-order valence-electron chi connectivity index (χ2n) is 9.32. The third-order valence-corrected chi connectivity index (χ3v) is 7.84. The summed E-state index contributed by atoms with van der Waals surface area (Å²) >= 11 is 1.43. The molecule has 190 valence electrons. The summed E-state index contributed by atoms with van der Waals surface area (Å²) < 4.78 is 15.2. The first-order chi connectivity index (χ1) is 17.6. The maximum Gasteiger partial charge on any atom is 0.227 e. The van der Waals surface area contributed by atoms with Crippen LogP contribution >= 0.6 is 11.5 Å². The van der Waals surface area contributed by atoms with Gasteiger partial charge in [-0.2, -0.15) is 4.37 Å². The zero-order valence-electron chi connectivity index (χ0n) is 20.9. The number of anilines is 2. The van der Waals surface area contributed by atoms with Crippen LogP contribution in [-0.2, 0) is 11.2 Å². The zero-order valence-corrected chi connectivity index (χ0v) is 21.7. The van der Waals surface area contributed by atoms with Crippen molar-refractivity contribution >= 4 is 28.3 Å². The number of carbonyl (C=O) groups is 1. The van der Waals surface area contributed by atoms with Gasteiger partial charge >= 0.3 is 0 Å². The van der Waals surface area contributed by atoms with Gasteiger partial charge in [0.2, 0.25) is 11.0 Å². The van der Waals surface area contributed by atoms with E-state index in [4.69, 9.17) is 14.5 Å². The number of piperidine rings is 1. The molecule has 3 heterocycles. The lowest BCUT2D eigenvalue weighted by Gasteiger charge is -2.39. The normalized spacial score (nSPS) is 18.3. The molecule has 5 rings (SSSR count). The second-order valence-corrected chi connectivity index (χ2v) is 10.0. The molecule has 2 aromatic carbocycles. The average Bonchev–Trinajstić information content (AvgIpc) is 3.41. The number of methoxy groups -OCH3 is 2. The van der Waals surface area contributed by atoms with Crippen LogP contribution in [0.1, 0.15) is 24.2 Å². The van der Waals surface area contributed by atoms with Gasteiger partial charge in [0, 0.05) is 62.9 Å². The number of piperazine rings is 1. The van der Waals surface area contributed by atoms with Crippen LogP contribution in [0.2, 0.25) is 0 Å². The molecule has 0 radical (unpaired) electrons. The largest absolute Gasteiger partial charge is 0.497 e. The summed E-state index contributed by atoms with van der Waals surface area (Å²) in [4.78, 5) is 24.8. The van der Waals surface area contributed by atoms with Crippen molar-refractivity contribution in [2.45, 2.75) is 19.3 Å². The van der Waals surface area contributed by atoms with Crippen molar-refractivity contribution in [3.63, 3.8) is 0 Å². The predicted molar refractivity (Wildman–Crippen MR) is 142 cm³/mol. The quantitative estimate of drug-likeness (QED) is 0.483. The van der Waals surface area contributed by atoms with Crippen molar-refractivity contribution in [1.29, 1.82) is 0 Å². The minimum absolute atomic E-state index is 0.0111. The molecule has 0 N–H and O–H groups in total. The molecule has 3 aromatic rings. The number of amides is 1. The van der Waals surface area contributed by atoms with Gasteiger partial charge in [0.15, 0.2) is 0 Å². The van der Waals surface area contributed by atoms with E-state index in [-0.39, 0.29) is 11.8 Å². The van der Waals surface area contributed by atoms with E-state index < -0.39 is 0 Å². The Hall–Kier alpha value is -3.33. The molecule has 2 fully saturated rings. The van der Waals surface area contributed by atoms with Crippen molar-refractivity contribution in [3.05, 3.63) is 59.9 Å². The highest BCUT2D eigenvalue weighted by Crippen LogP contribution is 2.28. The van der Waals surface area contributed by atoms with Gasteiger partial charge in [-0.3, -0.25) is 4.79 Å². The van der Waals surface area contributed by atoms with E-state index in [1.54, 1.807) is 14.2 Å². The number of hydrogen-bond acceptors (Lipinski definition) is 8. The van der Waals surface area contributed by atoms with E-state index in [0.717, 1.165) is 73.6 Å². The molecule has 1 unspecified atom stereocenters. The van der Waals surface area contributed by atoms with Crippen molar-refractivity contribution in [2.75, 3.05) is 63.3 Å². The summed E-state index contributed by atoms with van der Waals surface area (Å²) in [6, 6.07) is 16.1. The first-order valence-corrected chi connectivity index (χ1v) is 13.3. The number of ether oxygens (including phenoxy) is 2. The van der Waals surface area contributed by atoms with Crippen molar-refractivity contribution in [1.82, 2.24) is 14.3 Å². The summed E-state index contributed by atoms with van der Waals surface area (Å²) in [5, 5.41) is 0.912. The smallest absolute Gasteiger partial charge is 0.227 e. The molecular formula is C27H33N5O3S. The molecule has 2 saturated heterocycles. The Labute approximate surface area is 216 Å². The van der Waals surface area contributed by atoms with E-state index in [0.29, 0.717) is 13.0 Å². The fourth-order valence-electron chi connectivity index (χ4n) is 5.00. The topological polar surface area (TPSA) is 71.0 Å². The van der Waals surface area contributed by atoms with Gasteiger partial charge in [-0.05, 0) is 54.8 Å². The number of benzene rings is 2. The minimum Gasteiger partial charge on any atom is -0.497 e. The Morgan fingerprint density at radius 3 is 2.50 bits per heavy atom. The van der Waals surface area contributed by atoms with Crippen LogP contribution < -0.4 is 19.3 Å². The summed E-state index contributed by atoms with van der Waals surface area (Å²) in [5.41, 5.74) is 2.30. The molecule has 0 aliphatic carbocycles. The van der Waals surface area contributed by atoms with Gasteiger partial charge in [-0.15, -0.1) is 0 Å². The van der Waals surface area contributed by atoms with Crippen LogP contribution in [0.5, 0.6) is 11.5 Å². The van der Waals surface area contributed by atoms with Gasteiger partial charge in [0.25, 0.3) is 0 Å². The fourth-order valence-corrected chi connectivity index (χ4v) is 5.72. The van der Waals surface area contributed by atoms with Crippen LogP contribution in [0, 0.1) is 5.92 Å². The Morgan fingerprint density at radius 2 is 1.75 bits per heavy atom. The number of aromatic nitrogens is 2. The van der Waals surface area contributed by atoms with Crippen LogP contribution in [-0.4, -0.2) is 73.7 Å². The summed E-state index contributed by atoms with van der Waals surface area (Å²) in [6.07, 6.45) is 2.60. The Bertz CT molecular complexity index is 1160. The third-order valence-electron chi connectivity index (χ3n) is 7.02. The average molecular weight is 508 g/mol. The van der Waals surface area contributed by atoms with Crippen LogP contribution in [0.25, 0.3) is 0 Å². The summed E-state index contributed by atoms with van der Waals surface area (Å²) in [5.74, 6) is 2.79. The molecule has 0 saturated carbocycles. The summed E-state index contributed by atoms with van der Waals surface area (Å²) in [7, 11) is 3.35. The third kappa shape index (κ3) is 5.56. The highest BCUT2D eigenvalue weighted by molar-refractivity contribution is 7.09. The SMILES string of the molecule is COc1ccc(N2CCN(C(=O)C3CCCN(c4nc(Cc5cccc(OC)c5)ns4)C3)CC2)cc1. The standard InChI is InChI=1S/C27H33N5O3S/c1-34-23-10-8-22(9-11-23)30-13-15-31(16-14-30)26(33)21-6-4-12-32(19-21)27-28-25(29-36-27)18-20-5-3-7-24(17-20)35-2/h3,5,7-11,17,21H,4,6,12-16,18-19H2,1-2H3. The van der Waals surface area contributed by atoms with Gasteiger partial charge in [0.1, 0.15) is 17.3 Å². The molecule has 9 heteroatoms. The van der Waals surface area contributed by atoms with E-state index in [2.05, 4.69) is 32.4 Å². The fraction of sp³-hybridized carbons (Fsp3) is 0.444. The van der Waals surface area contributed by atoms with Gasteiger partial charge < -0.3 is 24.2 Å². The minimum atomic E-state index is 0.0111. The monoisotopic (exact) mass is 507 g/mol. The Balaban J connectivity index is 1.15. The summed E-state index contributed by atoms with van der Waals surface area (Å²) in [6.45, 7) is 4.83. The molecule has 1 amide bonds. The van der Waals surface area contributed by atoms with E-state index in [1.165, 1.54) is 17.2 Å². The molecule has 1 atom stereocenters. The molecule has 1 aromatic heterocycles. The maximum atomic E-state index is 13.4. The first kappa shape index (κ1) is 24.4. The lowest BCUT2D eigenvalue weighted by atomic mass is 9.96. The predicted octanol–water partition coefficient (Wildman–Crippen LogP) is 3.71. The number of carbonyl (C=O) groups excluding carboxylic acids is 1. The molecule has 0 spiro atoms. The van der Waals surface area contributed by atoms with Crippen LogP contribution in [0.3, 0.4) is 0 Å². The van der Waals surface area contributed by atoms with Crippen molar-refractivity contribution in [2.24, 2.45) is 5.92 Å². The lowest BCUT2D eigenvalue weighted by molar-refractivity contribution is -0.136. The van der Waals surface area contributed by atoms with E-state index >= 15 is 0 Å². The lowest BCUT2D eigenvalue weighted by Crippen LogP contribution is -2.52. The highest BCUT2D eigenvalue weighted by Gasteiger charge is 2.32. The van der Waals surface area contributed by atoms with Crippen LogP contribution in [0.4, 0.5) is 10.8 Å². The molecular weight excluding hydrogens is 474 g/mol. The van der Waals surface area contributed by atoms with Crippen LogP contribution in [0.15, 0.2) is 48.5 Å². The Kier molecular flexibility index (Phi) is 7.55. The second kappa shape index (κ2) is 11.2.